The summed E-state index contributed by atoms with van der Waals surface area (Å²) in [7, 11) is 0. The molecule has 0 spiro atoms. The van der Waals surface area contributed by atoms with Crippen LogP contribution in [-0.4, -0.2) is 28.9 Å². The summed E-state index contributed by atoms with van der Waals surface area (Å²) in [4.78, 5) is 11.5. The average molecular weight is 535 g/mol. The van der Waals surface area contributed by atoms with E-state index in [1.165, 1.54) is 25.4 Å². The van der Waals surface area contributed by atoms with Crippen LogP contribution in [0.1, 0.15) is 36.9 Å². The molecule has 5 rings (SSSR count). The second kappa shape index (κ2) is 11.5. The molecule has 4 aromatic rings. The summed E-state index contributed by atoms with van der Waals surface area (Å²) >= 11 is 0. The molecule has 2 heterocycles. The summed E-state index contributed by atoms with van der Waals surface area (Å²) in [5, 5.41) is 19.2. The minimum absolute atomic E-state index is 0.0174. The van der Waals surface area contributed by atoms with Crippen LogP contribution in [0.2, 0.25) is 0 Å². The molecule has 2 aromatic heterocycles. The number of nitrogens with one attached hydrogen (secondary N) is 1. The molecule has 1 saturated carbocycles. The standard InChI is InChI=1S/C29H28F2N4O4/c1-19(36)32-24-4-2-3-22(16-24)25-11-14-35(33-25)26(15-20-9-12-34(37)13-10-20)23-7-8-27(39-29(30)31)28(17-23)38-18-21-5-6-21/h2-4,7-14,16-17,21,26,29H,5-6,15,18H2,1H3,(H,32,36)/t26-/m1/s1. The largest absolute Gasteiger partial charge is 0.619 e. The fourth-order valence-electron chi connectivity index (χ4n) is 4.32. The van der Waals surface area contributed by atoms with Gasteiger partial charge in [-0.25, -0.2) is 0 Å². The van der Waals surface area contributed by atoms with Crippen molar-refractivity contribution in [3.63, 3.8) is 0 Å². The topological polar surface area (TPSA) is 92.3 Å². The van der Waals surface area contributed by atoms with Crippen LogP contribution in [0.4, 0.5) is 14.5 Å². The van der Waals surface area contributed by atoms with Crippen molar-refractivity contribution in [1.29, 1.82) is 0 Å². The molecule has 2 aromatic carbocycles. The number of amides is 1. The average Bonchev–Trinajstić information content (AvgIpc) is 3.61. The molecule has 1 fully saturated rings. The highest BCUT2D eigenvalue weighted by atomic mass is 19.3. The molecule has 1 amide bonds. The van der Waals surface area contributed by atoms with Gasteiger partial charge in [0.1, 0.15) is 0 Å². The third kappa shape index (κ3) is 6.90. The summed E-state index contributed by atoms with van der Waals surface area (Å²) in [6.07, 6.45) is 7.29. The van der Waals surface area contributed by atoms with E-state index in [1.807, 2.05) is 30.5 Å². The number of halogens is 2. The first-order chi connectivity index (χ1) is 18.8. The van der Waals surface area contributed by atoms with Crippen molar-refractivity contribution in [2.75, 3.05) is 11.9 Å². The van der Waals surface area contributed by atoms with Crippen LogP contribution in [0.3, 0.4) is 0 Å². The van der Waals surface area contributed by atoms with Crippen LogP contribution in [0.5, 0.6) is 11.5 Å². The van der Waals surface area contributed by atoms with E-state index in [4.69, 9.17) is 14.6 Å². The van der Waals surface area contributed by atoms with Gasteiger partial charge in [-0.2, -0.15) is 18.6 Å². The number of hydrogen-bond donors (Lipinski definition) is 1. The van der Waals surface area contributed by atoms with Gasteiger partial charge in [0.15, 0.2) is 23.9 Å². The second-order valence-corrected chi connectivity index (χ2v) is 9.57. The number of alkyl halides is 2. The molecule has 1 aliphatic carbocycles. The highest BCUT2D eigenvalue weighted by Crippen LogP contribution is 2.37. The van der Waals surface area contributed by atoms with Crippen LogP contribution >= 0.6 is 0 Å². The van der Waals surface area contributed by atoms with Crippen molar-refractivity contribution in [3.8, 4) is 22.8 Å². The molecule has 8 nitrogen and oxygen atoms in total. The first kappa shape index (κ1) is 26.1. The Morgan fingerprint density at radius 2 is 1.92 bits per heavy atom. The van der Waals surface area contributed by atoms with Crippen molar-refractivity contribution >= 4 is 11.6 Å². The number of aromatic nitrogens is 3. The minimum Gasteiger partial charge on any atom is -0.619 e. The van der Waals surface area contributed by atoms with Gasteiger partial charge in [0, 0.05) is 36.5 Å². The summed E-state index contributed by atoms with van der Waals surface area (Å²) in [6.45, 7) is -1.09. The first-order valence-corrected chi connectivity index (χ1v) is 12.7. The molecule has 0 aliphatic heterocycles. The zero-order valence-electron chi connectivity index (χ0n) is 21.3. The highest BCUT2D eigenvalue weighted by Gasteiger charge is 2.24. The molecular weight excluding hydrogens is 506 g/mol. The van der Waals surface area contributed by atoms with Crippen LogP contribution in [0, 0.1) is 11.1 Å². The van der Waals surface area contributed by atoms with E-state index in [0.717, 1.165) is 29.5 Å². The Labute approximate surface area is 224 Å². The molecule has 1 N–H and O–H groups in total. The number of nitrogens with zero attached hydrogens (tertiary/aromatic N) is 3. The Morgan fingerprint density at radius 1 is 1.13 bits per heavy atom. The SMILES string of the molecule is CC(=O)Nc1cccc(-c2ccn([C@H](Cc3cc[n+]([O-])cc3)c3ccc(OC(F)F)c(OCC4CC4)c3)n2)c1. The van der Waals surface area contributed by atoms with E-state index in [9.17, 15) is 18.8 Å². The van der Waals surface area contributed by atoms with Gasteiger partial charge < -0.3 is 20.0 Å². The van der Waals surface area contributed by atoms with Crippen molar-refractivity contribution in [2.24, 2.45) is 5.92 Å². The summed E-state index contributed by atoms with van der Waals surface area (Å²) < 4.78 is 39.3. The van der Waals surface area contributed by atoms with Gasteiger partial charge >= 0.3 is 6.61 Å². The third-order valence-electron chi connectivity index (χ3n) is 6.45. The third-order valence-corrected chi connectivity index (χ3v) is 6.45. The Hall–Kier alpha value is -4.47. The van der Waals surface area contributed by atoms with Crippen molar-refractivity contribution in [2.45, 2.75) is 38.8 Å². The van der Waals surface area contributed by atoms with E-state index < -0.39 is 6.61 Å². The molecule has 0 unspecified atom stereocenters. The van der Waals surface area contributed by atoms with Gasteiger partial charge in [0.05, 0.1) is 18.3 Å². The Kier molecular flexibility index (Phi) is 7.72. The van der Waals surface area contributed by atoms with Gasteiger partial charge in [-0.05, 0) is 66.6 Å². The van der Waals surface area contributed by atoms with E-state index in [1.54, 1.807) is 35.0 Å². The van der Waals surface area contributed by atoms with Gasteiger partial charge in [-0.15, -0.1) is 0 Å². The molecule has 10 heteroatoms. The number of carbonyl (C=O) groups is 1. The molecule has 0 bridgehead atoms. The molecule has 39 heavy (non-hydrogen) atoms. The summed E-state index contributed by atoms with van der Waals surface area (Å²) in [5.74, 6) is 0.495. The van der Waals surface area contributed by atoms with E-state index >= 15 is 0 Å². The lowest BCUT2D eigenvalue weighted by Gasteiger charge is -2.21. The monoisotopic (exact) mass is 534 g/mol. The lowest BCUT2D eigenvalue weighted by Crippen LogP contribution is -2.24. The summed E-state index contributed by atoms with van der Waals surface area (Å²) in [6, 6.07) is 17.3. The van der Waals surface area contributed by atoms with Crippen molar-refractivity contribution in [3.05, 3.63) is 95.6 Å². The van der Waals surface area contributed by atoms with Crippen LogP contribution in [0.25, 0.3) is 11.3 Å². The smallest absolute Gasteiger partial charge is 0.387 e. The lowest BCUT2D eigenvalue weighted by molar-refractivity contribution is -0.605. The fourth-order valence-corrected chi connectivity index (χ4v) is 4.32. The number of rotatable bonds is 11. The zero-order chi connectivity index (χ0) is 27.4. The van der Waals surface area contributed by atoms with Gasteiger partial charge in [-0.3, -0.25) is 9.48 Å². The second-order valence-electron chi connectivity index (χ2n) is 9.57. The van der Waals surface area contributed by atoms with E-state index in [0.29, 0.717) is 35.1 Å². The lowest BCUT2D eigenvalue weighted by atomic mass is 9.99. The first-order valence-electron chi connectivity index (χ1n) is 12.7. The number of anilines is 1. The van der Waals surface area contributed by atoms with Crippen molar-refractivity contribution in [1.82, 2.24) is 9.78 Å². The zero-order valence-corrected chi connectivity index (χ0v) is 21.3. The van der Waals surface area contributed by atoms with Crippen molar-refractivity contribution < 1.29 is 27.8 Å². The van der Waals surface area contributed by atoms with Crippen LogP contribution < -0.4 is 19.5 Å². The Morgan fingerprint density at radius 3 is 2.64 bits per heavy atom. The molecular formula is C29H28F2N4O4. The van der Waals surface area contributed by atoms with Gasteiger partial charge in [0.2, 0.25) is 5.91 Å². The summed E-state index contributed by atoms with van der Waals surface area (Å²) in [5.41, 5.74) is 3.85. The maximum Gasteiger partial charge on any atom is 0.387 e. The van der Waals surface area contributed by atoms with Gasteiger partial charge in [0.25, 0.3) is 0 Å². The molecule has 0 saturated heterocycles. The number of carbonyl (C=O) groups excluding carboxylic acids is 1. The molecule has 0 radical (unpaired) electrons. The Balaban J connectivity index is 1.50. The Bertz CT molecular complexity index is 1440. The van der Waals surface area contributed by atoms with E-state index in [-0.39, 0.29) is 23.4 Å². The number of ether oxygens (including phenoxy) is 2. The van der Waals surface area contributed by atoms with Crippen LogP contribution in [0.15, 0.2) is 79.3 Å². The normalized spacial score (nSPS) is 13.7. The molecule has 1 atom stereocenters. The maximum atomic E-state index is 13.1. The van der Waals surface area contributed by atoms with Gasteiger partial charge in [-0.1, -0.05) is 18.2 Å². The quantitative estimate of drug-likeness (QED) is 0.207. The highest BCUT2D eigenvalue weighted by molar-refractivity contribution is 5.89. The number of benzene rings is 2. The van der Waals surface area contributed by atoms with E-state index in [2.05, 4.69) is 5.32 Å². The fraction of sp³-hybridized carbons (Fsp3) is 0.276. The number of hydrogen-bond acceptors (Lipinski definition) is 5. The molecule has 202 valence electrons. The maximum absolute atomic E-state index is 13.1. The predicted octanol–water partition coefficient (Wildman–Crippen LogP) is 5.36. The molecule has 1 aliphatic rings. The predicted molar refractivity (Wildman–Crippen MR) is 141 cm³/mol. The van der Waals surface area contributed by atoms with Crippen LogP contribution in [-0.2, 0) is 11.2 Å². The minimum atomic E-state index is -2.97. The number of pyridine rings is 1.